The van der Waals surface area contributed by atoms with Crippen LogP contribution in [0.4, 0.5) is 5.95 Å². The number of anilines is 1. The molecule has 1 aromatic carbocycles. The van der Waals surface area contributed by atoms with Crippen LogP contribution in [0.1, 0.15) is 5.56 Å². The van der Waals surface area contributed by atoms with Crippen molar-refractivity contribution in [2.45, 2.75) is 18.6 Å². The summed E-state index contributed by atoms with van der Waals surface area (Å²) in [5.74, 6) is 1.77. The monoisotopic (exact) mass is 370 g/mol. The molecule has 8 heteroatoms. The highest BCUT2D eigenvalue weighted by molar-refractivity contribution is 7.99. The molecule has 3 aromatic rings. The average Bonchev–Trinajstić information content (AvgIpc) is 3.32. The summed E-state index contributed by atoms with van der Waals surface area (Å²) in [7, 11) is 0. The van der Waals surface area contributed by atoms with Gasteiger partial charge in [-0.15, -0.1) is 10.2 Å². The minimum Gasteiger partial charge on any atom is -0.378 e. The van der Waals surface area contributed by atoms with E-state index in [9.17, 15) is 0 Å². The van der Waals surface area contributed by atoms with Crippen molar-refractivity contribution in [1.82, 2.24) is 24.5 Å². The van der Waals surface area contributed by atoms with Gasteiger partial charge in [0, 0.05) is 31.2 Å². The van der Waals surface area contributed by atoms with Crippen molar-refractivity contribution in [3.63, 3.8) is 0 Å². The van der Waals surface area contributed by atoms with E-state index < -0.39 is 0 Å². The standard InChI is InChI=1S/C18H22N6OS/c1-15-4-2-5-16(14-15)24-17(22-8-11-25-12-9-22)20-21-18(24)26-13-10-23-7-3-6-19-23/h2-7,14H,8-13H2,1H3. The van der Waals surface area contributed by atoms with Gasteiger partial charge >= 0.3 is 0 Å². The molecule has 0 aliphatic carbocycles. The van der Waals surface area contributed by atoms with Gasteiger partial charge in [0.1, 0.15) is 0 Å². The Kier molecular flexibility index (Phi) is 5.21. The van der Waals surface area contributed by atoms with Crippen LogP contribution < -0.4 is 4.90 Å². The first-order valence-corrected chi connectivity index (χ1v) is 9.75. The van der Waals surface area contributed by atoms with E-state index in [2.05, 4.69) is 56.0 Å². The van der Waals surface area contributed by atoms with Crippen LogP contribution in [0.2, 0.25) is 0 Å². The molecule has 0 amide bonds. The van der Waals surface area contributed by atoms with Gasteiger partial charge < -0.3 is 9.64 Å². The van der Waals surface area contributed by atoms with Gasteiger partial charge in [0.15, 0.2) is 5.16 Å². The lowest BCUT2D eigenvalue weighted by Gasteiger charge is -2.28. The number of nitrogens with zero attached hydrogens (tertiary/aromatic N) is 6. The third-order valence-corrected chi connectivity index (χ3v) is 5.19. The zero-order valence-electron chi connectivity index (χ0n) is 14.8. The Morgan fingerprint density at radius 2 is 2.04 bits per heavy atom. The van der Waals surface area contributed by atoms with Crippen molar-refractivity contribution in [2.24, 2.45) is 0 Å². The first-order valence-electron chi connectivity index (χ1n) is 8.76. The second-order valence-electron chi connectivity index (χ2n) is 6.17. The fourth-order valence-corrected chi connectivity index (χ4v) is 3.86. The summed E-state index contributed by atoms with van der Waals surface area (Å²) in [4.78, 5) is 2.25. The van der Waals surface area contributed by atoms with Gasteiger partial charge in [-0.1, -0.05) is 23.9 Å². The minimum atomic E-state index is 0.725. The summed E-state index contributed by atoms with van der Waals surface area (Å²) in [5, 5.41) is 14.1. The molecule has 0 spiro atoms. The Bertz CT molecular complexity index is 841. The fourth-order valence-electron chi connectivity index (χ4n) is 2.98. The van der Waals surface area contributed by atoms with Crippen LogP contribution >= 0.6 is 11.8 Å². The van der Waals surface area contributed by atoms with E-state index in [-0.39, 0.29) is 0 Å². The molecule has 0 radical (unpaired) electrons. The highest BCUT2D eigenvalue weighted by atomic mass is 32.2. The second kappa shape index (κ2) is 7.92. The van der Waals surface area contributed by atoms with Gasteiger partial charge in [0.2, 0.25) is 5.95 Å². The van der Waals surface area contributed by atoms with E-state index >= 15 is 0 Å². The smallest absolute Gasteiger partial charge is 0.232 e. The summed E-state index contributed by atoms with van der Waals surface area (Å²) in [6.07, 6.45) is 3.78. The number of aryl methyl sites for hydroxylation is 2. The van der Waals surface area contributed by atoms with E-state index in [1.807, 2.05) is 16.9 Å². The van der Waals surface area contributed by atoms with E-state index in [0.29, 0.717) is 0 Å². The predicted octanol–water partition coefficient (Wildman–Crippen LogP) is 2.40. The fraction of sp³-hybridized carbons (Fsp3) is 0.389. The quantitative estimate of drug-likeness (QED) is 0.621. The van der Waals surface area contributed by atoms with Crippen LogP contribution in [0, 0.1) is 6.92 Å². The Morgan fingerprint density at radius 1 is 1.15 bits per heavy atom. The molecule has 1 aliphatic heterocycles. The molecule has 0 atom stereocenters. The van der Waals surface area contributed by atoms with Gasteiger partial charge in [-0.2, -0.15) is 5.10 Å². The van der Waals surface area contributed by atoms with Crippen molar-refractivity contribution >= 4 is 17.7 Å². The molecule has 0 N–H and O–H groups in total. The van der Waals surface area contributed by atoms with Gasteiger partial charge in [0.25, 0.3) is 0 Å². The Balaban J connectivity index is 1.61. The van der Waals surface area contributed by atoms with Gasteiger partial charge in [-0.25, -0.2) is 0 Å². The SMILES string of the molecule is Cc1cccc(-n2c(SCCn3cccn3)nnc2N2CCOCC2)c1. The molecular formula is C18H22N6OS. The predicted molar refractivity (Wildman–Crippen MR) is 102 cm³/mol. The van der Waals surface area contributed by atoms with Crippen LogP contribution in [-0.2, 0) is 11.3 Å². The molecule has 26 heavy (non-hydrogen) atoms. The number of ether oxygens (including phenoxy) is 1. The summed E-state index contributed by atoms with van der Waals surface area (Å²) in [5.41, 5.74) is 2.31. The van der Waals surface area contributed by atoms with Gasteiger partial charge in [-0.3, -0.25) is 9.25 Å². The number of morpholine rings is 1. The molecule has 4 rings (SSSR count). The normalized spacial score (nSPS) is 14.7. The molecule has 0 bridgehead atoms. The molecule has 2 aromatic heterocycles. The van der Waals surface area contributed by atoms with Crippen molar-refractivity contribution < 1.29 is 4.74 Å². The third kappa shape index (κ3) is 3.76. The molecule has 0 unspecified atom stereocenters. The maximum Gasteiger partial charge on any atom is 0.232 e. The molecule has 1 fully saturated rings. The molecule has 1 saturated heterocycles. The summed E-state index contributed by atoms with van der Waals surface area (Å²) in [6.45, 7) is 6.06. The molecule has 1 aliphatic rings. The maximum absolute atomic E-state index is 5.48. The highest BCUT2D eigenvalue weighted by Crippen LogP contribution is 2.27. The van der Waals surface area contributed by atoms with Crippen molar-refractivity contribution in [1.29, 1.82) is 0 Å². The molecule has 3 heterocycles. The largest absolute Gasteiger partial charge is 0.378 e. The topological polar surface area (TPSA) is 61.0 Å². The average molecular weight is 370 g/mol. The molecule has 0 saturated carbocycles. The summed E-state index contributed by atoms with van der Waals surface area (Å²) >= 11 is 1.70. The highest BCUT2D eigenvalue weighted by Gasteiger charge is 2.21. The molecule has 136 valence electrons. The number of thioether (sulfide) groups is 1. The Morgan fingerprint density at radius 3 is 2.81 bits per heavy atom. The zero-order valence-corrected chi connectivity index (χ0v) is 15.6. The van der Waals surface area contributed by atoms with Crippen LogP contribution in [0.3, 0.4) is 0 Å². The van der Waals surface area contributed by atoms with E-state index in [1.54, 1.807) is 18.0 Å². The first-order chi connectivity index (χ1) is 12.8. The first kappa shape index (κ1) is 17.1. The number of hydrogen-bond acceptors (Lipinski definition) is 6. The van der Waals surface area contributed by atoms with Crippen LogP contribution in [0.5, 0.6) is 0 Å². The van der Waals surface area contributed by atoms with Crippen molar-refractivity contribution in [2.75, 3.05) is 37.0 Å². The molecular weight excluding hydrogens is 348 g/mol. The lowest BCUT2D eigenvalue weighted by Crippen LogP contribution is -2.37. The zero-order chi connectivity index (χ0) is 17.8. The lowest BCUT2D eigenvalue weighted by atomic mass is 10.2. The number of benzene rings is 1. The van der Waals surface area contributed by atoms with E-state index in [1.165, 1.54) is 5.56 Å². The second-order valence-corrected chi connectivity index (χ2v) is 7.24. The number of rotatable bonds is 6. The van der Waals surface area contributed by atoms with Crippen LogP contribution in [0.15, 0.2) is 47.9 Å². The third-order valence-electron chi connectivity index (χ3n) is 4.28. The van der Waals surface area contributed by atoms with E-state index in [4.69, 9.17) is 4.74 Å². The van der Waals surface area contributed by atoms with Gasteiger partial charge in [0.05, 0.1) is 25.4 Å². The summed E-state index contributed by atoms with van der Waals surface area (Å²) < 4.78 is 9.58. The van der Waals surface area contributed by atoms with Crippen LogP contribution in [0.25, 0.3) is 5.69 Å². The lowest BCUT2D eigenvalue weighted by molar-refractivity contribution is 0.122. The van der Waals surface area contributed by atoms with Crippen LogP contribution in [-0.4, -0.2) is 56.6 Å². The number of aromatic nitrogens is 5. The van der Waals surface area contributed by atoms with Gasteiger partial charge in [-0.05, 0) is 30.7 Å². The maximum atomic E-state index is 5.48. The molecule has 7 nitrogen and oxygen atoms in total. The van der Waals surface area contributed by atoms with Crippen molar-refractivity contribution in [3.05, 3.63) is 48.3 Å². The van der Waals surface area contributed by atoms with E-state index in [0.717, 1.165) is 55.4 Å². The summed E-state index contributed by atoms with van der Waals surface area (Å²) in [6, 6.07) is 10.4. The Labute approximate surface area is 157 Å². The number of hydrogen-bond donors (Lipinski definition) is 0. The Hall–Kier alpha value is -2.32. The van der Waals surface area contributed by atoms with Crippen molar-refractivity contribution in [3.8, 4) is 5.69 Å². The minimum absolute atomic E-state index is 0.725.